The van der Waals surface area contributed by atoms with E-state index in [9.17, 15) is 9.59 Å². The molecule has 0 aromatic carbocycles. The maximum Gasteiger partial charge on any atom is 0.253 e. The molecule has 16 heavy (non-hydrogen) atoms. The van der Waals surface area contributed by atoms with Gasteiger partial charge in [-0.15, -0.1) is 0 Å². The van der Waals surface area contributed by atoms with Crippen LogP contribution in [0.5, 0.6) is 0 Å². The Labute approximate surface area is 96.5 Å². The molecule has 1 rings (SSSR count). The zero-order valence-electron chi connectivity index (χ0n) is 9.78. The fourth-order valence-corrected chi connectivity index (χ4v) is 1.81. The Balaban J connectivity index is 1.99. The van der Waals surface area contributed by atoms with E-state index in [0.717, 1.165) is 19.4 Å². The lowest BCUT2D eigenvalue weighted by atomic mass is 10.1. The summed E-state index contributed by atoms with van der Waals surface area (Å²) in [5.74, 6) is -0.330. The van der Waals surface area contributed by atoms with E-state index in [1.807, 2.05) is 0 Å². The van der Waals surface area contributed by atoms with E-state index in [4.69, 9.17) is 0 Å². The normalized spacial score (nSPS) is 15.2. The number of amides is 2. The molecule has 0 atom stereocenters. The minimum absolute atomic E-state index is 0.165. The molecule has 0 aromatic heterocycles. The molecule has 1 aliphatic rings. The van der Waals surface area contributed by atoms with Crippen LogP contribution in [0.2, 0.25) is 0 Å². The number of hydrogen-bond acceptors (Lipinski definition) is 2. The van der Waals surface area contributed by atoms with Crippen LogP contribution in [0.3, 0.4) is 0 Å². The molecule has 4 heteroatoms. The first kappa shape index (κ1) is 12.9. The Morgan fingerprint density at radius 3 is 1.94 bits per heavy atom. The van der Waals surface area contributed by atoms with E-state index in [2.05, 4.69) is 5.73 Å². The average Bonchev–Trinajstić information content (AvgIpc) is 2.59. The van der Waals surface area contributed by atoms with Gasteiger partial charge in [-0.25, -0.2) is 0 Å². The molecule has 0 spiro atoms. The number of unbranched alkanes of at least 4 members (excludes halogenated alkanes) is 5. The van der Waals surface area contributed by atoms with Gasteiger partial charge in [0.1, 0.15) is 0 Å². The Morgan fingerprint density at radius 2 is 1.38 bits per heavy atom. The highest BCUT2D eigenvalue weighted by Gasteiger charge is 2.21. The lowest BCUT2D eigenvalue weighted by Gasteiger charge is -2.12. The van der Waals surface area contributed by atoms with Crippen molar-refractivity contribution in [2.45, 2.75) is 38.5 Å². The molecule has 0 aromatic rings. The molecule has 1 heterocycles. The molecule has 2 amide bonds. The molecule has 0 aliphatic carbocycles. The zero-order valence-corrected chi connectivity index (χ0v) is 9.78. The smallest absolute Gasteiger partial charge is 0.253 e. The van der Waals surface area contributed by atoms with Gasteiger partial charge in [0.25, 0.3) is 11.8 Å². The van der Waals surface area contributed by atoms with Crippen molar-refractivity contribution in [1.29, 1.82) is 0 Å². The van der Waals surface area contributed by atoms with Crippen LogP contribution in [0.4, 0.5) is 0 Å². The van der Waals surface area contributed by atoms with Crippen molar-refractivity contribution in [3.8, 4) is 0 Å². The minimum atomic E-state index is -0.165. The van der Waals surface area contributed by atoms with Gasteiger partial charge >= 0.3 is 0 Å². The van der Waals surface area contributed by atoms with Crippen molar-refractivity contribution in [2.24, 2.45) is 0 Å². The first-order valence-electron chi connectivity index (χ1n) is 6.08. The van der Waals surface area contributed by atoms with Crippen LogP contribution in [-0.4, -0.2) is 29.8 Å². The number of carbonyl (C=O) groups excluding carboxylic acids is 2. The van der Waals surface area contributed by atoms with Crippen molar-refractivity contribution in [2.75, 3.05) is 13.1 Å². The molecule has 3 N–H and O–H groups in total. The summed E-state index contributed by atoms with van der Waals surface area (Å²) in [7, 11) is 0. The van der Waals surface area contributed by atoms with Crippen LogP contribution >= 0.6 is 0 Å². The van der Waals surface area contributed by atoms with Gasteiger partial charge in [-0.1, -0.05) is 19.3 Å². The van der Waals surface area contributed by atoms with E-state index in [1.54, 1.807) is 0 Å². The van der Waals surface area contributed by atoms with Gasteiger partial charge in [-0.2, -0.15) is 0 Å². The second-order valence-electron chi connectivity index (χ2n) is 4.14. The number of hydrogen-bond donors (Lipinski definition) is 1. The summed E-state index contributed by atoms with van der Waals surface area (Å²) in [5, 5.41) is 0. The summed E-state index contributed by atoms with van der Waals surface area (Å²) in [6.07, 6.45) is 9.56. The molecule has 0 unspecified atom stereocenters. The average molecular weight is 225 g/mol. The van der Waals surface area contributed by atoms with Crippen molar-refractivity contribution in [3.63, 3.8) is 0 Å². The lowest BCUT2D eigenvalue weighted by Crippen LogP contribution is -2.50. The van der Waals surface area contributed by atoms with Crippen LogP contribution in [0, 0.1) is 0 Å². The van der Waals surface area contributed by atoms with Gasteiger partial charge in [-0.3, -0.25) is 14.5 Å². The van der Waals surface area contributed by atoms with Crippen LogP contribution in [0.25, 0.3) is 0 Å². The topological polar surface area (TPSA) is 65.0 Å². The third kappa shape index (κ3) is 4.14. The van der Waals surface area contributed by atoms with Gasteiger partial charge in [0.15, 0.2) is 0 Å². The van der Waals surface area contributed by atoms with E-state index < -0.39 is 0 Å². The summed E-state index contributed by atoms with van der Waals surface area (Å²) < 4.78 is 0. The number of rotatable bonds is 8. The van der Waals surface area contributed by atoms with Crippen LogP contribution in [-0.2, 0) is 9.59 Å². The highest BCUT2D eigenvalue weighted by atomic mass is 16.2. The minimum Gasteiger partial charge on any atom is -0.358 e. The standard InChI is InChI=1S/C12H20N2O2/c13-9-5-3-1-2-4-6-10-14-11(15)7-8-12(14)16/h7-8H,1-6,9-10,13H2/p+1. The predicted octanol–water partition coefficient (Wildman–Crippen LogP) is 0.494. The van der Waals surface area contributed by atoms with E-state index in [0.29, 0.717) is 6.54 Å². The maximum atomic E-state index is 11.2. The van der Waals surface area contributed by atoms with Crippen LogP contribution < -0.4 is 5.73 Å². The Kier molecular flexibility index (Phi) is 5.78. The molecular formula is C12H21N2O2+. The third-order valence-electron chi connectivity index (χ3n) is 2.78. The van der Waals surface area contributed by atoms with Gasteiger partial charge in [0, 0.05) is 18.7 Å². The summed E-state index contributed by atoms with van der Waals surface area (Å²) in [6, 6.07) is 0. The van der Waals surface area contributed by atoms with Gasteiger partial charge in [-0.05, 0) is 19.3 Å². The molecule has 0 saturated carbocycles. The zero-order chi connectivity index (χ0) is 11.8. The summed E-state index contributed by atoms with van der Waals surface area (Å²) in [6.45, 7) is 1.59. The van der Waals surface area contributed by atoms with Crippen LogP contribution in [0.15, 0.2) is 12.2 Å². The van der Waals surface area contributed by atoms with Gasteiger partial charge in [0.2, 0.25) is 0 Å². The molecular weight excluding hydrogens is 204 g/mol. The molecule has 1 aliphatic heterocycles. The number of nitrogens with zero attached hydrogens (tertiary/aromatic N) is 1. The highest BCUT2D eigenvalue weighted by Crippen LogP contribution is 2.08. The van der Waals surface area contributed by atoms with E-state index in [1.165, 1.54) is 42.7 Å². The quantitative estimate of drug-likeness (QED) is 0.483. The second kappa shape index (κ2) is 7.17. The molecule has 4 nitrogen and oxygen atoms in total. The molecule has 90 valence electrons. The SMILES string of the molecule is [NH3+]CCCCCCCCN1C(=O)C=CC1=O. The molecule has 0 bridgehead atoms. The first-order chi connectivity index (χ1) is 7.75. The van der Waals surface area contributed by atoms with Crippen molar-refractivity contribution < 1.29 is 15.3 Å². The van der Waals surface area contributed by atoms with E-state index >= 15 is 0 Å². The molecule has 0 saturated heterocycles. The number of quaternary nitrogens is 1. The summed E-state index contributed by atoms with van der Waals surface area (Å²) >= 11 is 0. The van der Waals surface area contributed by atoms with Crippen molar-refractivity contribution in [3.05, 3.63) is 12.2 Å². The summed E-state index contributed by atoms with van der Waals surface area (Å²) in [5.41, 5.74) is 3.80. The second-order valence-corrected chi connectivity index (χ2v) is 4.14. The molecule has 0 radical (unpaired) electrons. The Morgan fingerprint density at radius 1 is 0.875 bits per heavy atom. The third-order valence-corrected chi connectivity index (χ3v) is 2.78. The largest absolute Gasteiger partial charge is 0.358 e. The Hall–Kier alpha value is -1.16. The van der Waals surface area contributed by atoms with Gasteiger partial charge < -0.3 is 5.73 Å². The lowest BCUT2D eigenvalue weighted by molar-refractivity contribution is -0.368. The Bertz CT molecular complexity index is 256. The maximum absolute atomic E-state index is 11.2. The van der Waals surface area contributed by atoms with Crippen molar-refractivity contribution in [1.82, 2.24) is 4.90 Å². The first-order valence-corrected chi connectivity index (χ1v) is 6.08. The van der Waals surface area contributed by atoms with E-state index in [-0.39, 0.29) is 11.8 Å². The summed E-state index contributed by atoms with van der Waals surface area (Å²) in [4.78, 5) is 23.7. The fraction of sp³-hybridized carbons (Fsp3) is 0.667. The fourth-order valence-electron chi connectivity index (χ4n) is 1.81. The van der Waals surface area contributed by atoms with Gasteiger partial charge in [0.05, 0.1) is 6.54 Å². The highest BCUT2D eigenvalue weighted by molar-refractivity contribution is 6.12. The molecule has 0 fully saturated rings. The monoisotopic (exact) mass is 225 g/mol. The predicted molar refractivity (Wildman–Crippen MR) is 61.3 cm³/mol. The van der Waals surface area contributed by atoms with Crippen LogP contribution in [0.1, 0.15) is 38.5 Å². The number of carbonyl (C=O) groups is 2. The van der Waals surface area contributed by atoms with Crippen molar-refractivity contribution >= 4 is 11.8 Å². The number of imide groups is 1.